The standard InChI is InChI=1S/C22H26N2O3/c1-16(18-6-4-3-5-7-18)24-15-19(14-21(24)25)22(26)23-13-12-17-8-10-20(27-2)11-9-17/h3-11,16,19H,12-15H2,1-2H3,(H,23,26)/t16-,19+/m1/s1. The fourth-order valence-electron chi connectivity index (χ4n) is 3.46. The summed E-state index contributed by atoms with van der Waals surface area (Å²) >= 11 is 0. The number of methoxy groups -OCH3 is 1. The van der Waals surface area contributed by atoms with Gasteiger partial charge in [0.1, 0.15) is 5.75 Å². The monoisotopic (exact) mass is 366 g/mol. The average molecular weight is 366 g/mol. The number of carbonyl (C=O) groups excluding carboxylic acids is 2. The van der Waals surface area contributed by atoms with Crippen LogP contribution in [0.15, 0.2) is 54.6 Å². The third-order valence-electron chi connectivity index (χ3n) is 5.15. The summed E-state index contributed by atoms with van der Waals surface area (Å²) in [5.41, 5.74) is 2.23. The molecule has 1 aliphatic rings. The number of carbonyl (C=O) groups is 2. The predicted molar refractivity (Wildman–Crippen MR) is 104 cm³/mol. The summed E-state index contributed by atoms with van der Waals surface area (Å²) in [6, 6.07) is 17.7. The number of amides is 2. The predicted octanol–water partition coefficient (Wildman–Crippen LogP) is 2.96. The summed E-state index contributed by atoms with van der Waals surface area (Å²) in [5, 5.41) is 2.97. The highest BCUT2D eigenvalue weighted by Gasteiger charge is 2.36. The Morgan fingerprint density at radius 2 is 1.89 bits per heavy atom. The van der Waals surface area contributed by atoms with E-state index in [-0.39, 0.29) is 30.2 Å². The molecule has 0 bridgehead atoms. The molecule has 2 amide bonds. The summed E-state index contributed by atoms with van der Waals surface area (Å²) in [4.78, 5) is 26.7. The second kappa shape index (κ2) is 8.71. The van der Waals surface area contributed by atoms with Crippen molar-refractivity contribution in [2.24, 2.45) is 5.92 Å². The highest BCUT2D eigenvalue weighted by molar-refractivity contribution is 5.89. The Kier molecular flexibility index (Phi) is 6.12. The van der Waals surface area contributed by atoms with Gasteiger partial charge in [-0.15, -0.1) is 0 Å². The van der Waals surface area contributed by atoms with Gasteiger partial charge in [-0.25, -0.2) is 0 Å². The summed E-state index contributed by atoms with van der Waals surface area (Å²) in [6.07, 6.45) is 1.03. The molecule has 0 saturated carbocycles. The molecule has 142 valence electrons. The first-order valence-electron chi connectivity index (χ1n) is 9.33. The lowest BCUT2D eigenvalue weighted by Gasteiger charge is -2.25. The van der Waals surface area contributed by atoms with E-state index in [1.807, 2.05) is 66.4 Å². The van der Waals surface area contributed by atoms with Crippen LogP contribution in [0, 0.1) is 5.92 Å². The number of hydrogen-bond donors (Lipinski definition) is 1. The molecule has 1 aliphatic heterocycles. The van der Waals surface area contributed by atoms with Gasteiger partial charge in [-0.2, -0.15) is 0 Å². The first kappa shape index (κ1) is 19.0. The van der Waals surface area contributed by atoms with Gasteiger partial charge in [0.05, 0.1) is 19.1 Å². The number of ether oxygens (including phenoxy) is 1. The van der Waals surface area contributed by atoms with Gasteiger partial charge in [-0.05, 0) is 36.6 Å². The maximum atomic E-state index is 12.5. The molecule has 1 fully saturated rings. The molecule has 2 atom stereocenters. The van der Waals surface area contributed by atoms with Crippen molar-refractivity contribution in [1.29, 1.82) is 0 Å². The minimum Gasteiger partial charge on any atom is -0.497 e. The Labute approximate surface area is 160 Å². The second-order valence-electron chi connectivity index (χ2n) is 6.92. The fourth-order valence-corrected chi connectivity index (χ4v) is 3.46. The third-order valence-corrected chi connectivity index (χ3v) is 5.15. The van der Waals surface area contributed by atoms with Gasteiger partial charge in [-0.3, -0.25) is 9.59 Å². The number of hydrogen-bond acceptors (Lipinski definition) is 3. The number of nitrogens with zero attached hydrogens (tertiary/aromatic N) is 1. The van der Waals surface area contributed by atoms with Crippen LogP contribution in [0.5, 0.6) is 5.75 Å². The molecule has 27 heavy (non-hydrogen) atoms. The van der Waals surface area contributed by atoms with E-state index in [0.29, 0.717) is 13.1 Å². The van der Waals surface area contributed by atoms with E-state index in [1.54, 1.807) is 7.11 Å². The van der Waals surface area contributed by atoms with Gasteiger partial charge < -0.3 is 15.0 Å². The molecule has 0 aliphatic carbocycles. The van der Waals surface area contributed by atoms with Crippen molar-refractivity contribution in [2.45, 2.75) is 25.8 Å². The molecule has 2 aromatic rings. The molecule has 0 spiro atoms. The topological polar surface area (TPSA) is 58.6 Å². The summed E-state index contributed by atoms with van der Waals surface area (Å²) in [6.45, 7) is 3.05. The van der Waals surface area contributed by atoms with E-state index in [2.05, 4.69) is 5.32 Å². The molecule has 0 radical (unpaired) electrons. The van der Waals surface area contributed by atoms with Crippen molar-refractivity contribution in [2.75, 3.05) is 20.2 Å². The molecule has 5 heteroatoms. The SMILES string of the molecule is COc1ccc(CCNC(=O)[C@H]2CC(=O)N([C@H](C)c3ccccc3)C2)cc1. The van der Waals surface area contributed by atoms with Crippen molar-refractivity contribution in [1.82, 2.24) is 10.2 Å². The molecule has 5 nitrogen and oxygen atoms in total. The maximum absolute atomic E-state index is 12.5. The lowest BCUT2D eigenvalue weighted by molar-refractivity contribution is -0.130. The Balaban J connectivity index is 1.49. The molecule has 0 aromatic heterocycles. The fraction of sp³-hybridized carbons (Fsp3) is 0.364. The van der Waals surface area contributed by atoms with Crippen molar-refractivity contribution in [3.05, 3.63) is 65.7 Å². The minimum atomic E-state index is -0.278. The van der Waals surface area contributed by atoms with Crippen LogP contribution in [0.25, 0.3) is 0 Å². The lowest BCUT2D eigenvalue weighted by atomic mass is 10.1. The van der Waals surface area contributed by atoms with Crippen molar-refractivity contribution < 1.29 is 14.3 Å². The molecule has 0 unspecified atom stereocenters. The molecule has 3 rings (SSSR count). The third kappa shape index (κ3) is 4.67. The zero-order valence-corrected chi connectivity index (χ0v) is 15.9. The Morgan fingerprint density at radius 3 is 2.56 bits per heavy atom. The largest absolute Gasteiger partial charge is 0.497 e. The van der Waals surface area contributed by atoms with Crippen LogP contribution in [-0.4, -0.2) is 36.9 Å². The van der Waals surface area contributed by atoms with Crippen LogP contribution in [0.1, 0.15) is 30.5 Å². The highest BCUT2D eigenvalue weighted by atomic mass is 16.5. The normalized spacial score (nSPS) is 17.6. The zero-order valence-electron chi connectivity index (χ0n) is 15.9. The van der Waals surface area contributed by atoms with Gasteiger partial charge >= 0.3 is 0 Å². The van der Waals surface area contributed by atoms with Gasteiger partial charge in [0, 0.05) is 19.5 Å². The quantitative estimate of drug-likeness (QED) is 0.820. The summed E-state index contributed by atoms with van der Waals surface area (Å²) in [5.74, 6) is 0.542. The van der Waals surface area contributed by atoms with Crippen molar-refractivity contribution in [3.8, 4) is 5.75 Å². The number of benzene rings is 2. The Morgan fingerprint density at radius 1 is 1.19 bits per heavy atom. The van der Waals surface area contributed by atoms with Crippen LogP contribution in [0.2, 0.25) is 0 Å². The van der Waals surface area contributed by atoms with Crippen LogP contribution in [0.3, 0.4) is 0 Å². The molecular formula is C22H26N2O3. The average Bonchev–Trinajstić information content (AvgIpc) is 3.10. The smallest absolute Gasteiger partial charge is 0.225 e. The van der Waals surface area contributed by atoms with E-state index in [0.717, 1.165) is 23.3 Å². The lowest BCUT2D eigenvalue weighted by Crippen LogP contribution is -2.34. The maximum Gasteiger partial charge on any atom is 0.225 e. The van der Waals surface area contributed by atoms with Crippen molar-refractivity contribution >= 4 is 11.8 Å². The van der Waals surface area contributed by atoms with Gasteiger partial charge in [-0.1, -0.05) is 42.5 Å². The zero-order chi connectivity index (χ0) is 19.2. The second-order valence-corrected chi connectivity index (χ2v) is 6.92. The number of rotatable bonds is 7. The highest BCUT2D eigenvalue weighted by Crippen LogP contribution is 2.28. The van der Waals surface area contributed by atoms with Gasteiger partial charge in [0.25, 0.3) is 0 Å². The molecular weight excluding hydrogens is 340 g/mol. The van der Waals surface area contributed by atoms with E-state index >= 15 is 0 Å². The van der Waals surface area contributed by atoms with Crippen LogP contribution < -0.4 is 10.1 Å². The molecule has 1 N–H and O–H groups in total. The summed E-state index contributed by atoms with van der Waals surface area (Å²) < 4.78 is 5.14. The van der Waals surface area contributed by atoms with Crippen LogP contribution >= 0.6 is 0 Å². The first-order valence-corrected chi connectivity index (χ1v) is 9.33. The number of nitrogens with one attached hydrogen (secondary N) is 1. The van der Waals surface area contributed by atoms with E-state index < -0.39 is 0 Å². The van der Waals surface area contributed by atoms with E-state index in [9.17, 15) is 9.59 Å². The van der Waals surface area contributed by atoms with Crippen LogP contribution in [0.4, 0.5) is 0 Å². The molecule has 1 heterocycles. The Hall–Kier alpha value is -2.82. The molecule has 2 aromatic carbocycles. The number of likely N-dealkylation sites (tertiary alicyclic amines) is 1. The van der Waals surface area contributed by atoms with E-state index in [4.69, 9.17) is 4.74 Å². The minimum absolute atomic E-state index is 0.0178. The van der Waals surface area contributed by atoms with E-state index in [1.165, 1.54) is 0 Å². The first-order chi connectivity index (χ1) is 13.1. The molecule has 1 saturated heterocycles. The van der Waals surface area contributed by atoms with Crippen LogP contribution in [-0.2, 0) is 16.0 Å². The summed E-state index contributed by atoms with van der Waals surface area (Å²) in [7, 11) is 1.64. The van der Waals surface area contributed by atoms with Gasteiger partial charge in [0.15, 0.2) is 0 Å². The van der Waals surface area contributed by atoms with Crippen molar-refractivity contribution in [3.63, 3.8) is 0 Å². The Bertz CT molecular complexity index is 774. The van der Waals surface area contributed by atoms with Gasteiger partial charge in [0.2, 0.25) is 11.8 Å².